The van der Waals surface area contributed by atoms with E-state index < -0.39 is 15.3 Å². The second-order valence-corrected chi connectivity index (χ2v) is 11.4. The topological polar surface area (TPSA) is 87.7 Å². The number of ether oxygens (including phenoxy) is 1. The van der Waals surface area contributed by atoms with E-state index in [9.17, 15) is 13.2 Å². The normalized spacial score (nSPS) is 24.8. The van der Waals surface area contributed by atoms with Gasteiger partial charge in [0, 0.05) is 31.5 Å². The standard InChI is InChI=1S/C27H37N3O4S/c1-4-24-25(21-10-6-19(3)7-11-21)35(32,33)29-26(24)30-16-14-22(15-17-30)27(31)28-18-20-8-12-23(13-9-20)34-5-2/h6-13,22,24-26,29H,4-5,14-18H2,1-3H3,(H,28,31). The molecule has 3 atom stereocenters. The molecule has 3 unspecified atom stereocenters. The average Bonchev–Trinajstić information content (AvgIpc) is 3.14. The molecule has 1 amide bonds. The van der Waals surface area contributed by atoms with E-state index in [1.807, 2.05) is 62.4 Å². The second kappa shape index (κ2) is 11.1. The van der Waals surface area contributed by atoms with Gasteiger partial charge in [-0.1, -0.05) is 48.9 Å². The van der Waals surface area contributed by atoms with Gasteiger partial charge in [-0.2, -0.15) is 4.72 Å². The van der Waals surface area contributed by atoms with Crippen LogP contribution in [0.2, 0.25) is 0 Å². The van der Waals surface area contributed by atoms with Crippen LogP contribution in [0.4, 0.5) is 0 Å². The summed E-state index contributed by atoms with van der Waals surface area (Å²) in [5, 5.41) is 2.51. The molecule has 0 aromatic heterocycles. The molecule has 2 aromatic rings. The molecule has 0 saturated carbocycles. The van der Waals surface area contributed by atoms with E-state index >= 15 is 0 Å². The van der Waals surface area contributed by atoms with Crippen molar-refractivity contribution < 1.29 is 17.9 Å². The Morgan fingerprint density at radius 3 is 2.31 bits per heavy atom. The zero-order valence-electron chi connectivity index (χ0n) is 20.9. The minimum absolute atomic E-state index is 0.0345. The van der Waals surface area contributed by atoms with Crippen molar-refractivity contribution in [3.05, 3.63) is 65.2 Å². The van der Waals surface area contributed by atoms with Crippen molar-refractivity contribution in [2.24, 2.45) is 11.8 Å². The summed E-state index contributed by atoms with van der Waals surface area (Å²) < 4.78 is 34.6. The highest BCUT2D eigenvalue weighted by molar-refractivity contribution is 7.90. The summed E-state index contributed by atoms with van der Waals surface area (Å²) >= 11 is 0. The number of rotatable bonds is 8. The Kier molecular flexibility index (Phi) is 8.14. The van der Waals surface area contributed by atoms with Crippen molar-refractivity contribution in [2.75, 3.05) is 19.7 Å². The number of nitrogens with one attached hydrogen (secondary N) is 2. The molecule has 7 nitrogen and oxygen atoms in total. The molecule has 4 rings (SSSR count). The Balaban J connectivity index is 1.33. The van der Waals surface area contributed by atoms with Gasteiger partial charge in [-0.05, 0) is 56.4 Å². The summed E-state index contributed by atoms with van der Waals surface area (Å²) in [4.78, 5) is 15.0. The SMILES string of the molecule is CCOc1ccc(CNC(=O)C2CCN(C3NS(=O)(=O)C(c4ccc(C)cc4)C3CC)CC2)cc1. The fourth-order valence-corrected chi connectivity index (χ4v) is 7.46. The van der Waals surface area contributed by atoms with Crippen LogP contribution in [0.25, 0.3) is 0 Å². The Morgan fingerprint density at radius 2 is 1.71 bits per heavy atom. The molecular weight excluding hydrogens is 462 g/mol. The van der Waals surface area contributed by atoms with E-state index in [1.54, 1.807) is 0 Å². The van der Waals surface area contributed by atoms with Crippen LogP contribution in [0.5, 0.6) is 5.75 Å². The molecule has 0 aliphatic carbocycles. The molecule has 2 fully saturated rings. The number of sulfonamides is 1. The van der Waals surface area contributed by atoms with Crippen LogP contribution in [-0.4, -0.2) is 45.1 Å². The molecule has 2 aliphatic heterocycles. The predicted molar refractivity (Wildman–Crippen MR) is 137 cm³/mol. The first kappa shape index (κ1) is 25.7. The molecule has 0 radical (unpaired) electrons. The Hall–Kier alpha value is -2.42. The lowest BCUT2D eigenvalue weighted by molar-refractivity contribution is -0.126. The first-order chi connectivity index (χ1) is 16.8. The van der Waals surface area contributed by atoms with Gasteiger partial charge < -0.3 is 10.1 Å². The third kappa shape index (κ3) is 5.88. The lowest BCUT2D eigenvalue weighted by Gasteiger charge is -2.37. The van der Waals surface area contributed by atoms with Crippen molar-refractivity contribution in [1.29, 1.82) is 0 Å². The number of hydrogen-bond acceptors (Lipinski definition) is 5. The second-order valence-electron chi connectivity index (χ2n) is 9.62. The predicted octanol–water partition coefficient (Wildman–Crippen LogP) is 3.75. The molecule has 2 saturated heterocycles. The lowest BCUT2D eigenvalue weighted by atomic mass is 9.90. The molecule has 190 valence electrons. The van der Waals surface area contributed by atoms with Gasteiger partial charge in [-0.25, -0.2) is 8.42 Å². The Labute approximate surface area is 209 Å². The van der Waals surface area contributed by atoms with Crippen molar-refractivity contribution in [3.63, 3.8) is 0 Å². The number of carbonyl (C=O) groups excluding carboxylic acids is 1. The fourth-order valence-electron chi connectivity index (χ4n) is 5.33. The van der Waals surface area contributed by atoms with Crippen LogP contribution in [0, 0.1) is 18.8 Å². The summed E-state index contributed by atoms with van der Waals surface area (Å²) in [5.74, 6) is 0.801. The third-order valence-corrected chi connectivity index (χ3v) is 9.15. The number of piperidine rings is 1. The number of amides is 1. The first-order valence-corrected chi connectivity index (χ1v) is 14.2. The zero-order valence-corrected chi connectivity index (χ0v) is 21.7. The molecule has 35 heavy (non-hydrogen) atoms. The Bertz CT molecular complexity index is 1090. The molecule has 0 bridgehead atoms. The van der Waals surface area contributed by atoms with E-state index in [-0.39, 0.29) is 23.9 Å². The van der Waals surface area contributed by atoms with E-state index in [0.717, 1.165) is 41.7 Å². The summed E-state index contributed by atoms with van der Waals surface area (Å²) in [5.41, 5.74) is 3.00. The van der Waals surface area contributed by atoms with Gasteiger partial charge in [0.25, 0.3) is 0 Å². The summed E-state index contributed by atoms with van der Waals surface area (Å²) in [6.07, 6.45) is 1.97. The molecule has 2 aliphatic rings. The highest BCUT2D eigenvalue weighted by atomic mass is 32.2. The molecular formula is C27H37N3O4S. The smallest absolute Gasteiger partial charge is 0.223 e. The summed E-state index contributed by atoms with van der Waals surface area (Å²) in [7, 11) is -3.47. The number of nitrogens with zero attached hydrogens (tertiary/aromatic N) is 1. The molecule has 8 heteroatoms. The van der Waals surface area contributed by atoms with Gasteiger partial charge in [-0.15, -0.1) is 0 Å². The maximum absolute atomic E-state index is 13.1. The Morgan fingerprint density at radius 1 is 1.06 bits per heavy atom. The minimum atomic E-state index is -3.47. The van der Waals surface area contributed by atoms with Crippen LogP contribution >= 0.6 is 0 Å². The molecule has 0 spiro atoms. The van der Waals surface area contributed by atoms with Gasteiger partial charge in [-0.3, -0.25) is 9.69 Å². The lowest BCUT2D eigenvalue weighted by Crippen LogP contribution is -2.51. The van der Waals surface area contributed by atoms with E-state index in [1.165, 1.54) is 0 Å². The maximum atomic E-state index is 13.1. The van der Waals surface area contributed by atoms with E-state index in [4.69, 9.17) is 4.74 Å². The van der Waals surface area contributed by atoms with E-state index in [2.05, 4.69) is 21.9 Å². The number of carbonyl (C=O) groups is 1. The van der Waals surface area contributed by atoms with Gasteiger partial charge in [0.15, 0.2) is 0 Å². The van der Waals surface area contributed by atoms with E-state index in [0.29, 0.717) is 26.2 Å². The minimum Gasteiger partial charge on any atom is -0.494 e. The summed E-state index contributed by atoms with van der Waals surface area (Å²) in [6.45, 7) is 8.53. The van der Waals surface area contributed by atoms with Crippen molar-refractivity contribution in [3.8, 4) is 5.75 Å². The van der Waals surface area contributed by atoms with Crippen molar-refractivity contribution in [2.45, 2.75) is 58.0 Å². The zero-order chi connectivity index (χ0) is 25.0. The monoisotopic (exact) mass is 499 g/mol. The number of aryl methyl sites for hydroxylation is 1. The highest BCUT2D eigenvalue weighted by Gasteiger charge is 2.49. The van der Waals surface area contributed by atoms with Crippen LogP contribution in [0.15, 0.2) is 48.5 Å². The first-order valence-electron chi connectivity index (χ1n) is 12.6. The average molecular weight is 500 g/mol. The molecule has 2 aromatic carbocycles. The van der Waals surface area contributed by atoms with Crippen molar-refractivity contribution >= 4 is 15.9 Å². The quantitative estimate of drug-likeness (QED) is 0.578. The van der Waals surface area contributed by atoms with Gasteiger partial charge in [0.05, 0.1) is 12.8 Å². The number of likely N-dealkylation sites (tertiary alicyclic amines) is 1. The summed E-state index contributed by atoms with van der Waals surface area (Å²) in [6, 6.07) is 15.6. The van der Waals surface area contributed by atoms with Crippen LogP contribution in [0.1, 0.15) is 55.1 Å². The highest BCUT2D eigenvalue weighted by Crippen LogP contribution is 2.41. The van der Waals surface area contributed by atoms with Crippen LogP contribution in [0.3, 0.4) is 0 Å². The van der Waals surface area contributed by atoms with Gasteiger partial charge in [0.2, 0.25) is 15.9 Å². The number of benzene rings is 2. The fraction of sp³-hybridized carbons (Fsp3) is 0.519. The largest absolute Gasteiger partial charge is 0.494 e. The van der Waals surface area contributed by atoms with Crippen molar-refractivity contribution in [1.82, 2.24) is 14.9 Å². The van der Waals surface area contributed by atoms with Crippen LogP contribution in [-0.2, 0) is 21.4 Å². The molecule has 2 heterocycles. The maximum Gasteiger partial charge on any atom is 0.223 e. The van der Waals surface area contributed by atoms with Gasteiger partial charge >= 0.3 is 0 Å². The molecule has 2 N–H and O–H groups in total. The number of hydrogen-bond donors (Lipinski definition) is 2. The van der Waals surface area contributed by atoms with Crippen LogP contribution < -0.4 is 14.8 Å². The third-order valence-electron chi connectivity index (χ3n) is 7.29. The van der Waals surface area contributed by atoms with Gasteiger partial charge in [0.1, 0.15) is 11.0 Å².